The van der Waals surface area contributed by atoms with Gasteiger partial charge in [0.1, 0.15) is 12.4 Å². The molecule has 0 unspecified atom stereocenters. The van der Waals surface area contributed by atoms with Crippen LogP contribution in [0.2, 0.25) is 5.02 Å². The van der Waals surface area contributed by atoms with Crippen LogP contribution >= 0.6 is 11.6 Å². The van der Waals surface area contributed by atoms with Crippen LogP contribution in [0, 0.1) is 5.82 Å². The molecule has 0 spiro atoms. The first-order valence-electron chi connectivity index (χ1n) is 9.33. The molecule has 0 radical (unpaired) electrons. The zero-order valence-electron chi connectivity index (χ0n) is 16.7. The third kappa shape index (κ3) is 6.45. The maximum Gasteiger partial charge on any atom is 0.269 e. The van der Waals surface area contributed by atoms with Crippen molar-refractivity contribution < 1.29 is 23.5 Å². The number of halogens is 2. The molecule has 0 bridgehead atoms. The number of rotatable bonds is 7. The minimum absolute atomic E-state index is 0.00135. The molecule has 0 atom stereocenters. The predicted molar refractivity (Wildman–Crippen MR) is 114 cm³/mol. The fourth-order valence-corrected chi connectivity index (χ4v) is 2.83. The number of benzene rings is 3. The molecule has 2 N–H and O–H groups in total. The number of carbonyl (C=O) groups is 2. The Bertz CT molecular complexity index is 1060. The van der Waals surface area contributed by atoms with Gasteiger partial charge >= 0.3 is 0 Å². The summed E-state index contributed by atoms with van der Waals surface area (Å²) in [5.41, 5.74) is 6.50. The summed E-state index contributed by atoms with van der Waals surface area (Å²) in [4.78, 5) is 24.3. The van der Waals surface area contributed by atoms with Crippen molar-refractivity contribution >= 4 is 23.4 Å². The topological polar surface area (TPSA) is 76.7 Å². The van der Waals surface area contributed by atoms with Gasteiger partial charge in [-0.2, -0.15) is 0 Å². The molecule has 0 aromatic heterocycles. The van der Waals surface area contributed by atoms with Gasteiger partial charge in [0.2, 0.25) is 5.91 Å². The number of ether oxygens (including phenoxy) is 2. The molecule has 0 saturated heterocycles. The van der Waals surface area contributed by atoms with Gasteiger partial charge in [-0.3, -0.25) is 20.4 Å². The van der Waals surface area contributed by atoms with Crippen LogP contribution in [0.15, 0.2) is 66.7 Å². The zero-order chi connectivity index (χ0) is 22.2. The summed E-state index contributed by atoms with van der Waals surface area (Å²) in [6.07, 6.45) is 0.00135. The standard InChI is InChI=1S/C23H20ClFN2O4/c1-30-21-13-17(6-11-20(21)31-14-16-2-7-18(24)8-3-16)23(29)27-26-22(28)12-15-4-9-19(25)10-5-15/h2-11,13H,12,14H2,1H3,(H,26,28)(H,27,29). The highest BCUT2D eigenvalue weighted by Crippen LogP contribution is 2.29. The molecule has 0 heterocycles. The molecule has 0 aliphatic carbocycles. The highest BCUT2D eigenvalue weighted by molar-refractivity contribution is 6.30. The summed E-state index contributed by atoms with van der Waals surface area (Å²) in [6, 6.07) is 17.5. The molecule has 2 amide bonds. The van der Waals surface area contributed by atoms with E-state index in [1.807, 2.05) is 12.1 Å². The summed E-state index contributed by atoms with van der Waals surface area (Å²) in [7, 11) is 1.47. The van der Waals surface area contributed by atoms with E-state index in [2.05, 4.69) is 10.9 Å². The van der Waals surface area contributed by atoms with Gasteiger partial charge in [-0.15, -0.1) is 0 Å². The second-order valence-electron chi connectivity index (χ2n) is 6.59. The van der Waals surface area contributed by atoms with Gasteiger partial charge < -0.3 is 9.47 Å². The van der Waals surface area contributed by atoms with Crippen molar-refractivity contribution in [2.75, 3.05) is 7.11 Å². The normalized spacial score (nSPS) is 10.3. The Morgan fingerprint density at radius 2 is 1.58 bits per heavy atom. The predicted octanol–water partition coefficient (Wildman–Crippen LogP) is 4.07. The minimum Gasteiger partial charge on any atom is -0.493 e. The molecule has 3 aromatic carbocycles. The molecule has 6 nitrogen and oxygen atoms in total. The van der Waals surface area contributed by atoms with E-state index in [-0.39, 0.29) is 17.8 Å². The third-order valence-corrected chi connectivity index (χ3v) is 4.58. The van der Waals surface area contributed by atoms with Crippen LogP contribution < -0.4 is 20.3 Å². The lowest BCUT2D eigenvalue weighted by molar-refractivity contribution is -0.121. The van der Waals surface area contributed by atoms with Crippen molar-refractivity contribution in [1.29, 1.82) is 0 Å². The quantitative estimate of drug-likeness (QED) is 0.541. The molecular formula is C23H20ClFN2O4. The van der Waals surface area contributed by atoms with Crippen LogP contribution in [0.4, 0.5) is 4.39 Å². The maximum atomic E-state index is 12.9. The number of carbonyl (C=O) groups excluding carboxylic acids is 2. The molecule has 3 rings (SSSR count). The number of hydrazine groups is 1. The fourth-order valence-electron chi connectivity index (χ4n) is 2.70. The van der Waals surface area contributed by atoms with E-state index >= 15 is 0 Å². The molecule has 160 valence electrons. The van der Waals surface area contributed by atoms with Gasteiger partial charge in [-0.1, -0.05) is 35.9 Å². The van der Waals surface area contributed by atoms with Gasteiger partial charge in [0.15, 0.2) is 11.5 Å². The Balaban J connectivity index is 1.56. The van der Waals surface area contributed by atoms with E-state index in [9.17, 15) is 14.0 Å². The first-order chi connectivity index (χ1) is 14.9. The van der Waals surface area contributed by atoms with Gasteiger partial charge in [-0.25, -0.2) is 4.39 Å². The molecule has 31 heavy (non-hydrogen) atoms. The van der Waals surface area contributed by atoms with Crippen LogP contribution in [0.1, 0.15) is 21.5 Å². The van der Waals surface area contributed by atoms with Crippen molar-refractivity contribution in [3.8, 4) is 11.5 Å². The fraction of sp³-hybridized carbons (Fsp3) is 0.130. The lowest BCUT2D eigenvalue weighted by atomic mass is 10.1. The van der Waals surface area contributed by atoms with Crippen LogP contribution in [0.5, 0.6) is 11.5 Å². The number of amides is 2. The van der Waals surface area contributed by atoms with Gasteiger partial charge in [0.05, 0.1) is 13.5 Å². The Morgan fingerprint density at radius 3 is 2.26 bits per heavy atom. The number of methoxy groups -OCH3 is 1. The van der Waals surface area contributed by atoms with Crippen LogP contribution in [-0.4, -0.2) is 18.9 Å². The van der Waals surface area contributed by atoms with E-state index in [1.165, 1.54) is 37.4 Å². The average Bonchev–Trinajstić information content (AvgIpc) is 2.78. The van der Waals surface area contributed by atoms with Crippen molar-refractivity contribution in [3.05, 3.63) is 94.3 Å². The van der Waals surface area contributed by atoms with E-state index in [4.69, 9.17) is 21.1 Å². The Morgan fingerprint density at radius 1 is 0.903 bits per heavy atom. The van der Waals surface area contributed by atoms with E-state index in [0.29, 0.717) is 28.7 Å². The maximum absolute atomic E-state index is 12.9. The van der Waals surface area contributed by atoms with E-state index in [0.717, 1.165) is 5.56 Å². The lowest BCUT2D eigenvalue weighted by Gasteiger charge is -2.13. The third-order valence-electron chi connectivity index (χ3n) is 4.33. The highest BCUT2D eigenvalue weighted by Gasteiger charge is 2.13. The smallest absolute Gasteiger partial charge is 0.269 e. The van der Waals surface area contributed by atoms with E-state index in [1.54, 1.807) is 24.3 Å². The molecule has 8 heteroatoms. The van der Waals surface area contributed by atoms with E-state index < -0.39 is 11.8 Å². The van der Waals surface area contributed by atoms with Crippen LogP contribution in [0.25, 0.3) is 0 Å². The summed E-state index contributed by atoms with van der Waals surface area (Å²) >= 11 is 5.88. The highest BCUT2D eigenvalue weighted by atomic mass is 35.5. The molecular weight excluding hydrogens is 423 g/mol. The Labute approximate surface area is 183 Å². The summed E-state index contributed by atoms with van der Waals surface area (Å²) in [6.45, 7) is 0.304. The summed E-state index contributed by atoms with van der Waals surface area (Å²) in [5.74, 6) is -0.495. The van der Waals surface area contributed by atoms with Gasteiger partial charge in [0.25, 0.3) is 5.91 Å². The molecule has 0 saturated carbocycles. The molecule has 0 fully saturated rings. The molecule has 0 aliphatic heterocycles. The lowest BCUT2D eigenvalue weighted by Crippen LogP contribution is -2.42. The van der Waals surface area contributed by atoms with Crippen molar-refractivity contribution in [3.63, 3.8) is 0 Å². The van der Waals surface area contributed by atoms with Gasteiger partial charge in [0, 0.05) is 10.6 Å². The van der Waals surface area contributed by atoms with Gasteiger partial charge in [-0.05, 0) is 53.6 Å². The van der Waals surface area contributed by atoms with Crippen molar-refractivity contribution in [2.45, 2.75) is 13.0 Å². The second kappa shape index (κ2) is 10.4. The van der Waals surface area contributed by atoms with Crippen molar-refractivity contribution in [1.82, 2.24) is 10.9 Å². The second-order valence-corrected chi connectivity index (χ2v) is 7.02. The first kappa shape index (κ1) is 22.1. The monoisotopic (exact) mass is 442 g/mol. The van der Waals surface area contributed by atoms with Crippen LogP contribution in [-0.2, 0) is 17.8 Å². The first-order valence-corrected chi connectivity index (χ1v) is 9.71. The summed E-state index contributed by atoms with van der Waals surface area (Å²) < 4.78 is 24.0. The summed E-state index contributed by atoms with van der Waals surface area (Å²) in [5, 5.41) is 0.640. The Hall–Kier alpha value is -3.58. The number of hydrogen-bond donors (Lipinski definition) is 2. The average molecular weight is 443 g/mol. The Kier molecular flexibility index (Phi) is 7.45. The SMILES string of the molecule is COc1cc(C(=O)NNC(=O)Cc2ccc(F)cc2)ccc1OCc1ccc(Cl)cc1. The zero-order valence-corrected chi connectivity index (χ0v) is 17.4. The molecule has 3 aromatic rings. The van der Waals surface area contributed by atoms with Crippen molar-refractivity contribution in [2.24, 2.45) is 0 Å². The number of nitrogens with one attached hydrogen (secondary N) is 2. The largest absolute Gasteiger partial charge is 0.493 e. The van der Waals surface area contributed by atoms with Crippen LogP contribution in [0.3, 0.4) is 0 Å². The minimum atomic E-state index is -0.519. The number of hydrogen-bond acceptors (Lipinski definition) is 4. The molecule has 0 aliphatic rings.